The predicted molar refractivity (Wildman–Crippen MR) is 78.1 cm³/mol. The molecule has 90 valence electrons. The summed E-state index contributed by atoms with van der Waals surface area (Å²) in [6.07, 6.45) is 8.12. The molecule has 0 radical (unpaired) electrons. The first kappa shape index (κ1) is 12.3. The van der Waals surface area contributed by atoms with Crippen LogP contribution in [0, 0.1) is 0 Å². The molecular formula is C13H20INO. The van der Waals surface area contributed by atoms with E-state index < -0.39 is 0 Å². The number of hydrogen-bond acceptors (Lipinski definition) is 2. The zero-order valence-corrected chi connectivity index (χ0v) is 12.0. The predicted octanol–water partition coefficient (Wildman–Crippen LogP) is 3.06. The zero-order valence-electron chi connectivity index (χ0n) is 9.86. The molecule has 2 aliphatic rings. The van der Waals surface area contributed by atoms with Crippen molar-refractivity contribution in [2.24, 2.45) is 0 Å². The number of rotatable bonds is 5. The van der Waals surface area contributed by atoms with Gasteiger partial charge in [-0.15, -0.1) is 0 Å². The quantitative estimate of drug-likeness (QED) is 0.566. The highest BCUT2D eigenvalue weighted by Gasteiger charge is 2.18. The molecule has 2 rings (SSSR count). The lowest BCUT2D eigenvalue weighted by molar-refractivity contribution is 0.188. The normalized spacial score (nSPS) is 25.3. The molecule has 1 saturated heterocycles. The molecule has 3 heteroatoms. The molecule has 2 nitrogen and oxygen atoms in total. The van der Waals surface area contributed by atoms with Gasteiger partial charge in [-0.2, -0.15) is 0 Å². The zero-order chi connectivity index (χ0) is 11.2. The van der Waals surface area contributed by atoms with Crippen LogP contribution in [-0.4, -0.2) is 34.6 Å². The fourth-order valence-corrected chi connectivity index (χ4v) is 3.54. The summed E-state index contributed by atoms with van der Waals surface area (Å²) >= 11 is 0.184. The first-order valence-electron chi connectivity index (χ1n) is 6.05. The van der Waals surface area contributed by atoms with Crippen LogP contribution in [0.2, 0.25) is 0 Å². The van der Waals surface area contributed by atoms with E-state index in [1.807, 2.05) is 0 Å². The molecule has 16 heavy (non-hydrogen) atoms. The number of hydrogen-bond donors (Lipinski definition) is 0. The molecule has 0 aromatic carbocycles. The van der Waals surface area contributed by atoms with Gasteiger partial charge < -0.3 is 9.64 Å². The van der Waals surface area contributed by atoms with Gasteiger partial charge in [0.1, 0.15) is 5.76 Å². The summed E-state index contributed by atoms with van der Waals surface area (Å²) in [6, 6.07) is 0.784. The van der Waals surface area contributed by atoms with Crippen LogP contribution >= 0.6 is 20.7 Å². The largest absolute Gasteiger partial charge is 0.494 e. The molecule has 0 spiro atoms. The van der Waals surface area contributed by atoms with Gasteiger partial charge in [-0.05, 0) is 53.0 Å². The van der Waals surface area contributed by atoms with Crippen LogP contribution in [0.5, 0.6) is 0 Å². The smallest absolute Gasteiger partial charge is 0.120 e. The highest BCUT2D eigenvalue weighted by Crippen LogP contribution is 2.16. The SMILES string of the molecule is C[C@@H]1CCCN1CCCOC1=CC=IC=C1. The van der Waals surface area contributed by atoms with E-state index >= 15 is 0 Å². The Morgan fingerprint density at radius 1 is 1.56 bits per heavy atom. The maximum Gasteiger partial charge on any atom is 0.120 e. The van der Waals surface area contributed by atoms with E-state index in [2.05, 4.69) is 32.1 Å². The second-order valence-corrected chi connectivity index (χ2v) is 6.50. The minimum absolute atomic E-state index is 0.184. The standard InChI is InChI=1S/C13H20INO/c1-12-4-2-9-15(12)10-3-11-16-13-5-7-14-8-6-13/h5-8,12H,2-4,9-11H2,1H3/t12-/m1/s1. The molecule has 2 heterocycles. The topological polar surface area (TPSA) is 12.5 Å². The summed E-state index contributed by atoms with van der Waals surface area (Å²) in [4.78, 5) is 2.58. The molecule has 0 aromatic rings. The van der Waals surface area contributed by atoms with Crippen molar-refractivity contribution in [3.63, 3.8) is 0 Å². The highest BCUT2D eigenvalue weighted by atomic mass is 127. The molecular weight excluding hydrogens is 313 g/mol. The minimum Gasteiger partial charge on any atom is -0.494 e. The van der Waals surface area contributed by atoms with E-state index in [0.29, 0.717) is 0 Å². The lowest BCUT2D eigenvalue weighted by Gasteiger charge is -2.20. The third-order valence-electron chi connectivity index (χ3n) is 3.15. The van der Waals surface area contributed by atoms with E-state index in [0.717, 1.165) is 24.8 Å². The first-order chi connectivity index (χ1) is 7.86. The van der Waals surface area contributed by atoms with Gasteiger partial charge in [0.25, 0.3) is 0 Å². The lowest BCUT2D eigenvalue weighted by Crippen LogP contribution is -2.28. The number of ether oxygens (including phenoxy) is 1. The molecule has 0 saturated carbocycles. The van der Waals surface area contributed by atoms with Crippen molar-refractivity contribution in [1.29, 1.82) is 0 Å². The summed E-state index contributed by atoms with van der Waals surface area (Å²) in [5.41, 5.74) is 0. The van der Waals surface area contributed by atoms with Crippen molar-refractivity contribution in [2.75, 3.05) is 19.7 Å². The van der Waals surface area contributed by atoms with Crippen molar-refractivity contribution in [2.45, 2.75) is 32.2 Å². The number of nitrogens with zero attached hydrogens (tertiary/aromatic N) is 1. The summed E-state index contributed by atoms with van der Waals surface area (Å²) in [5, 5.41) is 0. The summed E-state index contributed by atoms with van der Waals surface area (Å²) in [7, 11) is 0. The van der Waals surface area contributed by atoms with E-state index in [4.69, 9.17) is 4.74 Å². The Hall–Kier alpha value is -0.160. The Balaban J connectivity index is 1.60. The van der Waals surface area contributed by atoms with Gasteiger partial charge in [0, 0.05) is 12.6 Å². The maximum atomic E-state index is 5.71. The van der Waals surface area contributed by atoms with Crippen molar-refractivity contribution < 1.29 is 4.74 Å². The Morgan fingerprint density at radius 3 is 3.19 bits per heavy atom. The third kappa shape index (κ3) is 3.70. The van der Waals surface area contributed by atoms with Crippen molar-refractivity contribution >= 4 is 24.7 Å². The molecule has 0 aromatic heterocycles. The van der Waals surface area contributed by atoms with Gasteiger partial charge in [-0.1, -0.05) is 20.7 Å². The van der Waals surface area contributed by atoms with Gasteiger partial charge in [-0.3, -0.25) is 0 Å². The first-order valence-corrected chi connectivity index (χ1v) is 8.54. The summed E-state index contributed by atoms with van der Waals surface area (Å²) in [6.45, 7) is 5.65. The van der Waals surface area contributed by atoms with Crippen LogP contribution in [0.15, 0.2) is 22.0 Å². The van der Waals surface area contributed by atoms with Gasteiger partial charge >= 0.3 is 0 Å². The van der Waals surface area contributed by atoms with Crippen LogP contribution in [0.4, 0.5) is 0 Å². The van der Waals surface area contributed by atoms with Gasteiger partial charge in [0.15, 0.2) is 0 Å². The lowest BCUT2D eigenvalue weighted by atomic mass is 10.2. The van der Waals surface area contributed by atoms with E-state index in [1.165, 1.54) is 25.9 Å². The molecule has 1 fully saturated rings. The van der Waals surface area contributed by atoms with Crippen LogP contribution < -0.4 is 0 Å². The molecule has 0 aliphatic carbocycles. The maximum absolute atomic E-state index is 5.71. The van der Waals surface area contributed by atoms with Crippen molar-refractivity contribution in [1.82, 2.24) is 4.90 Å². The Morgan fingerprint density at radius 2 is 2.50 bits per heavy atom. The molecule has 0 bridgehead atoms. The Kier molecular flexibility index (Phi) is 5.03. The number of likely N-dealkylation sites (tertiary alicyclic amines) is 1. The Labute approximate surface area is 108 Å². The molecule has 1 atom stereocenters. The van der Waals surface area contributed by atoms with E-state index in [1.54, 1.807) is 0 Å². The number of allylic oxidation sites excluding steroid dienone is 2. The van der Waals surface area contributed by atoms with E-state index in [-0.39, 0.29) is 20.7 Å². The third-order valence-corrected chi connectivity index (χ3v) is 4.70. The molecule has 0 unspecified atom stereocenters. The van der Waals surface area contributed by atoms with Crippen LogP contribution in [0.1, 0.15) is 26.2 Å². The second-order valence-electron chi connectivity index (χ2n) is 4.34. The highest BCUT2D eigenvalue weighted by molar-refractivity contribution is 14.2. The van der Waals surface area contributed by atoms with Crippen LogP contribution in [0.3, 0.4) is 0 Å². The van der Waals surface area contributed by atoms with E-state index in [9.17, 15) is 0 Å². The molecule has 0 N–H and O–H groups in total. The summed E-state index contributed by atoms with van der Waals surface area (Å²) in [5.74, 6) is 1.04. The minimum atomic E-state index is 0.184. The molecule has 2 aliphatic heterocycles. The van der Waals surface area contributed by atoms with Crippen molar-refractivity contribution in [3.05, 3.63) is 22.0 Å². The fourth-order valence-electron chi connectivity index (χ4n) is 2.17. The Bertz CT molecular complexity index is 309. The average Bonchev–Trinajstić information content (AvgIpc) is 2.72. The molecule has 0 amide bonds. The van der Waals surface area contributed by atoms with Gasteiger partial charge in [0.2, 0.25) is 0 Å². The van der Waals surface area contributed by atoms with Crippen molar-refractivity contribution in [3.8, 4) is 0 Å². The number of halogens is 1. The van der Waals surface area contributed by atoms with Gasteiger partial charge in [-0.25, -0.2) is 0 Å². The second kappa shape index (κ2) is 6.55. The van der Waals surface area contributed by atoms with Crippen LogP contribution in [0.25, 0.3) is 0 Å². The summed E-state index contributed by atoms with van der Waals surface area (Å²) < 4.78 is 10.2. The fraction of sp³-hybridized carbons (Fsp3) is 0.615. The average molecular weight is 333 g/mol. The van der Waals surface area contributed by atoms with Gasteiger partial charge in [0.05, 0.1) is 6.61 Å². The van der Waals surface area contributed by atoms with Crippen LogP contribution in [-0.2, 0) is 4.74 Å². The monoisotopic (exact) mass is 333 g/mol.